The van der Waals surface area contributed by atoms with Gasteiger partial charge in [0.05, 0.1) is 0 Å². The number of carboxylic acid groups (broad SMARTS) is 1. The number of urea groups is 1. The first kappa shape index (κ1) is 13.3. The predicted molar refractivity (Wildman–Crippen MR) is 68.5 cm³/mol. The summed E-state index contributed by atoms with van der Waals surface area (Å²) in [4.78, 5) is 28.6. The van der Waals surface area contributed by atoms with E-state index in [1.54, 1.807) is 19.4 Å². The number of carbonyl (C=O) groups is 2. The van der Waals surface area contributed by atoms with Crippen LogP contribution in [0.2, 0.25) is 0 Å². The van der Waals surface area contributed by atoms with Crippen LogP contribution in [0.5, 0.6) is 0 Å². The van der Waals surface area contributed by atoms with Crippen molar-refractivity contribution in [2.45, 2.75) is 31.3 Å². The van der Waals surface area contributed by atoms with Gasteiger partial charge in [-0.25, -0.2) is 9.59 Å². The van der Waals surface area contributed by atoms with Crippen molar-refractivity contribution in [1.82, 2.24) is 15.2 Å². The first-order valence-corrected chi connectivity index (χ1v) is 6.19. The summed E-state index contributed by atoms with van der Waals surface area (Å²) in [5, 5.41) is 11.8. The number of aromatic nitrogens is 1. The highest BCUT2D eigenvalue weighted by molar-refractivity contribution is 5.87. The quantitative estimate of drug-likeness (QED) is 0.856. The molecule has 0 radical (unpaired) electrons. The smallest absolute Gasteiger partial charge is 0.329 e. The highest BCUT2D eigenvalue weighted by Crippen LogP contribution is 2.32. The number of hydrogen-bond donors (Lipinski definition) is 2. The lowest BCUT2D eigenvalue weighted by Gasteiger charge is -2.39. The van der Waals surface area contributed by atoms with Crippen LogP contribution in [0.25, 0.3) is 0 Å². The van der Waals surface area contributed by atoms with Crippen LogP contribution in [0.1, 0.15) is 24.8 Å². The number of carbonyl (C=O) groups excluding carboxylic acids is 1. The summed E-state index contributed by atoms with van der Waals surface area (Å²) in [6.45, 7) is 0.421. The minimum Gasteiger partial charge on any atom is -0.480 e. The molecule has 0 unspecified atom stereocenters. The second kappa shape index (κ2) is 5.26. The highest BCUT2D eigenvalue weighted by atomic mass is 16.4. The number of amides is 2. The summed E-state index contributed by atoms with van der Waals surface area (Å²) in [7, 11) is 1.64. The van der Waals surface area contributed by atoms with E-state index in [4.69, 9.17) is 5.11 Å². The third-order valence-electron chi connectivity index (χ3n) is 3.48. The molecule has 0 saturated heterocycles. The normalized spacial score (nSPS) is 16.3. The zero-order chi connectivity index (χ0) is 13.9. The molecule has 2 amide bonds. The summed E-state index contributed by atoms with van der Waals surface area (Å²) in [5.41, 5.74) is -0.116. The average molecular weight is 263 g/mol. The maximum atomic E-state index is 12.0. The van der Waals surface area contributed by atoms with Gasteiger partial charge < -0.3 is 15.3 Å². The molecule has 102 valence electrons. The van der Waals surface area contributed by atoms with Gasteiger partial charge in [0.2, 0.25) is 0 Å². The molecule has 0 atom stereocenters. The Kier molecular flexibility index (Phi) is 3.69. The van der Waals surface area contributed by atoms with Crippen molar-refractivity contribution in [3.8, 4) is 0 Å². The minimum atomic E-state index is -1.07. The Bertz CT molecular complexity index is 471. The number of nitrogens with zero attached hydrogens (tertiary/aromatic N) is 2. The fourth-order valence-electron chi connectivity index (χ4n) is 2.06. The van der Waals surface area contributed by atoms with E-state index in [0.717, 1.165) is 12.0 Å². The molecule has 0 bridgehead atoms. The second-order valence-corrected chi connectivity index (χ2v) is 4.88. The number of carboxylic acids is 1. The van der Waals surface area contributed by atoms with Crippen molar-refractivity contribution in [2.24, 2.45) is 0 Å². The van der Waals surface area contributed by atoms with Gasteiger partial charge in [0.15, 0.2) is 0 Å². The van der Waals surface area contributed by atoms with Crippen molar-refractivity contribution in [3.63, 3.8) is 0 Å². The van der Waals surface area contributed by atoms with E-state index in [-0.39, 0.29) is 6.03 Å². The van der Waals surface area contributed by atoms with E-state index in [1.807, 2.05) is 12.1 Å². The maximum Gasteiger partial charge on any atom is 0.329 e. The van der Waals surface area contributed by atoms with Gasteiger partial charge in [0.1, 0.15) is 5.54 Å². The molecule has 0 aliphatic heterocycles. The Balaban J connectivity index is 1.94. The van der Waals surface area contributed by atoms with Gasteiger partial charge in [-0.3, -0.25) is 4.98 Å². The molecule has 19 heavy (non-hydrogen) atoms. The number of nitrogens with one attached hydrogen (secondary N) is 1. The SMILES string of the molecule is CN(Cc1ccncc1)C(=O)NC1(C(=O)O)CCC1. The van der Waals surface area contributed by atoms with E-state index in [1.165, 1.54) is 4.90 Å². The Morgan fingerprint density at radius 1 is 1.42 bits per heavy atom. The molecule has 1 aliphatic carbocycles. The molecule has 6 nitrogen and oxygen atoms in total. The van der Waals surface area contributed by atoms with E-state index in [9.17, 15) is 9.59 Å². The minimum absolute atomic E-state index is 0.362. The largest absolute Gasteiger partial charge is 0.480 e. The predicted octanol–water partition coefficient (Wildman–Crippen LogP) is 1.23. The maximum absolute atomic E-state index is 12.0. The topological polar surface area (TPSA) is 82.5 Å². The van der Waals surface area contributed by atoms with Crippen LogP contribution in [0, 0.1) is 0 Å². The van der Waals surface area contributed by atoms with E-state index < -0.39 is 11.5 Å². The molecule has 1 aliphatic rings. The Labute approximate surface area is 111 Å². The summed E-state index contributed by atoms with van der Waals surface area (Å²) < 4.78 is 0. The summed E-state index contributed by atoms with van der Waals surface area (Å²) >= 11 is 0. The van der Waals surface area contributed by atoms with Crippen LogP contribution in [-0.2, 0) is 11.3 Å². The molecular formula is C13H17N3O3. The Morgan fingerprint density at radius 3 is 2.53 bits per heavy atom. The second-order valence-electron chi connectivity index (χ2n) is 4.88. The van der Waals surface area contributed by atoms with Gasteiger partial charge >= 0.3 is 12.0 Å². The average Bonchev–Trinajstić information content (AvgIpc) is 2.34. The van der Waals surface area contributed by atoms with E-state index in [2.05, 4.69) is 10.3 Å². The van der Waals surface area contributed by atoms with Gasteiger partial charge in [-0.2, -0.15) is 0 Å². The summed E-state index contributed by atoms with van der Waals surface area (Å²) in [6.07, 6.45) is 5.15. The first-order valence-electron chi connectivity index (χ1n) is 6.19. The van der Waals surface area contributed by atoms with Crippen LogP contribution < -0.4 is 5.32 Å². The van der Waals surface area contributed by atoms with Gasteiger partial charge in [0.25, 0.3) is 0 Å². The summed E-state index contributed by atoms with van der Waals surface area (Å²) in [5.74, 6) is -0.954. The standard InChI is InChI=1S/C13H17N3O3/c1-16(9-10-3-7-14-8-4-10)12(19)15-13(11(17)18)5-2-6-13/h3-4,7-8H,2,5-6,9H2,1H3,(H,15,19)(H,17,18). The molecule has 1 saturated carbocycles. The lowest BCUT2D eigenvalue weighted by Crippen LogP contribution is -2.61. The molecule has 0 aromatic carbocycles. The molecule has 6 heteroatoms. The van der Waals surface area contributed by atoms with Crippen LogP contribution in [0.3, 0.4) is 0 Å². The monoisotopic (exact) mass is 263 g/mol. The van der Waals surface area contributed by atoms with Crippen LogP contribution in [0.15, 0.2) is 24.5 Å². The molecule has 2 N–H and O–H groups in total. The Hall–Kier alpha value is -2.11. The highest BCUT2D eigenvalue weighted by Gasteiger charge is 2.46. The van der Waals surface area contributed by atoms with Gasteiger partial charge in [-0.15, -0.1) is 0 Å². The zero-order valence-corrected chi connectivity index (χ0v) is 10.8. The Morgan fingerprint density at radius 2 is 2.05 bits per heavy atom. The van der Waals surface area contributed by atoms with Crippen LogP contribution in [0.4, 0.5) is 4.79 Å². The number of aliphatic carboxylic acids is 1. The zero-order valence-electron chi connectivity index (χ0n) is 10.8. The molecular weight excluding hydrogens is 246 g/mol. The van der Waals surface area contributed by atoms with Crippen molar-refractivity contribution < 1.29 is 14.7 Å². The van der Waals surface area contributed by atoms with Crippen LogP contribution in [-0.4, -0.2) is 39.6 Å². The number of pyridine rings is 1. The molecule has 1 aromatic rings. The van der Waals surface area contributed by atoms with Crippen molar-refractivity contribution in [1.29, 1.82) is 0 Å². The third kappa shape index (κ3) is 2.83. The van der Waals surface area contributed by atoms with Gasteiger partial charge in [0, 0.05) is 26.0 Å². The first-order chi connectivity index (χ1) is 9.03. The van der Waals surface area contributed by atoms with Crippen molar-refractivity contribution >= 4 is 12.0 Å². The molecule has 1 aromatic heterocycles. The van der Waals surface area contributed by atoms with E-state index in [0.29, 0.717) is 19.4 Å². The number of hydrogen-bond acceptors (Lipinski definition) is 3. The van der Waals surface area contributed by atoms with E-state index >= 15 is 0 Å². The molecule has 0 spiro atoms. The molecule has 1 fully saturated rings. The lowest BCUT2D eigenvalue weighted by atomic mass is 9.77. The van der Waals surface area contributed by atoms with Crippen molar-refractivity contribution in [3.05, 3.63) is 30.1 Å². The van der Waals surface area contributed by atoms with Gasteiger partial charge in [-0.05, 0) is 37.0 Å². The fraction of sp³-hybridized carbons (Fsp3) is 0.462. The lowest BCUT2D eigenvalue weighted by molar-refractivity contribution is -0.148. The third-order valence-corrected chi connectivity index (χ3v) is 3.48. The van der Waals surface area contributed by atoms with Gasteiger partial charge in [-0.1, -0.05) is 0 Å². The van der Waals surface area contributed by atoms with Crippen molar-refractivity contribution in [2.75, 3.05) is 7.05 Å². The summed E-state index contributed by atoms with van der Waals surface area (Å²) in [6, 6.07) is 3.28. The molecule has 1 heterocycles. The fourth-order valence-corrected chi connectivity index (χ4v) is 2.06. The van der Waals surface area contributed by atoms with Crippen LogP contribution >= 0.6 is 0 Å². The molecule has 2 rings (SSSR count). The number of rotatable bonds is 4.